The summed E-state index contributed by atoms with van der Waals surface area (Å²) < 4.78 is 0. The number of benzene rings is 1. The van der Waals surface area contributed by atoms with Gasteiger partial charge in [0.15, 0.2) is 0 Å². The number of nitrogens with zero attached hydrogens (tertiary/aromatic N) is 1. The van der Waals surface area contributed by atoms with Crippen LogP contribution in [0, 0.1) is 0 Å². The van der Waals surface area contributed by atoms with E-state index in [1.54, 1.807) is 11.1 Å². The average molecular weight is 316 g/mol. The van der Waals surface area contributed by atoms with Crippen LogP contribution in [0.25, 0.3) is 0 Å². The molecular weight excluding hydrogens is 282 g/mol. The van der Waals surface area contributed by atoms with E-state index in [0.29, 0.717) is 12.3 Å². The van der Waals surface area contributed by atoms with Gasteiger partial charge in [0.25, 0.3) is 0 Å². The second kappa shape index (κ2) is 8.81. The molecule has 2 N–H and O–H groups in total. The van der Waals surface area contributed by atoms with Crippen LogP contribution in [0.3, 0.4) is 0 Å². The van der Waals surface area contributed by atoms with E-state index in [-0.39, 0.29) is 0 Å². The fraction of sp³-hybridized carbons (Fsp3) is 0.700. The van der Waals surface area contributed by atoms with Crippen LogP contribution >= 0.6 is 0 Å². The summed E-state index contributed by atoms with van der Waals surface area (Å²) in [6.07, 6.45) is 11.0. The summed E-state index contributed by atoms with van der Waals surface area (Å²) in [4.78, 5) is 2.64. The van der Waals surface area contributed by atoms with Crippen LogP contribution in [0.15, 0.2) is 24.3 Å². The average Bonchev–Trinajstić information content (AvgIpc) is 2.61. The first-order valence-electron chi connectivity index (χ1n) is 9.70. The molecule has 2 atom stereocenters. The molecule has 23 heavy (non-hydrogen) atoms. The normalized spacial score (nSPS) is 24.2. The van der Waals surface area contributed by atoms with Gasteiger partial charge in [-0.2, -0.15) is 0 Å². The Morgan fingerprint density at radius 3 is 2.87 bits per heavy atom. The van der Waals surface area contributed by atoms with Crippen molar-refractivity contribution in [3.05, 3.63) is 35.4 Å². The van der Waals surface area contributed by atoms with E-state index in [2.05, 4.69) is 46.7 Å². The molecule has 1 aromatic carbocycles. The highest BCUT2D eigenvalue weighted by atomic mass is 15.4. The Morgan fingerprint density at radius 2 is 1.96 bits per heavy atom. The molecule has 1 saturated heterocycles. The lowest BCUT2D eigenvalue weighted by atomic mass is 9.89. The molecule has 0 amide bonds. The molecule has 0 spiro atoms. The van der Waals surface area contributed by atoms with Crippen molar-refractivity contribution in [3.63, 3.8) is 0 Å². The third-order valence-electron chi connectivity index (χ3n) is 5.41. The highest BCUT2D eigenvalue weighted by molar-refractivity contribution is 5.33. The predicted molar refractivity (Wildman–Crippen MR) is 97.4 cm³/mol. The minimum absolute atomic E-state index is 0.359. The zero-order valence-electron chi connectivity index (χ0n) is 14.7. The van der Waals surface area contributed by atoms with Gasteiger partial charge in [-0.1, -0.05) is 63.3 Å². The fourth-order valence-electron chi connectivity index (χ4n) is 4.11. The van der Waals surface area contributed by atoms with Crippen LogP contribution in [0.1, 0.15) is 69.0 Å². The minimum atomic E-state index is 0.359. The van der Waals surface area contributed by atoms with Crippen molar-refractivity contribution >= 4 is 0 Å². The lowest BCUT2D eigenvalue weighted by Gasteiger charge is -2.46. The molecule has 2 heterocycles. The number of hydrogen-bond donors (Lipinski definition) is 2. The van der Waals surface area contributed by atoms with Gasteiger partial charge in [0, 0.05) is 12.6 Å². The van der Waals surface area contributed by atoms with Crippen LogP contribution < -0.4 is 10.6 Å². The summed E-state index contributed by atoms with van der Waals surface area (Å²) in [5, 5.41) is 7.43. The lowest BCUT2D eigenvalue weighted by Crippen LogP contribution is -2.61. The Labute approximate surface area is 141 Å². The summed E-state index contributed by atoms with van der Waals surface area (Å²) in [5.41, 5.74) is 3.12. The number of hydrogen-bond acceptors (Lipinski definition) is 3. The first-order valence-corrected chi connectivity index (χ1v) is 9.70. The molecule has 3 rings (SSSR count). The Hall–Kier alpha value is -0.900. The van der Waals surface area contributed by atoms with Crippen molar-refractivity contribution in [2.45, 2.75) is 70.6 Å². The molecule has 0 aromatic heterocycles. The molecule has 2 aliphatic rings. The van der Waals surface area contributed by atoms with E-state index in [9.17, 15) is 0 Å². The number of rotatable bonds is 8. The first kappa shape index (κ1) is 16.9. The van der Waals surface area contributed by atoms with Crippen molar-refractivity contribution in [1.29, 1.82) is 0 Å². The molecule has 0 bridgehead atoms. The van der Waals surface area contributed by atoms with Gasteiger partial charge in [0.1, 0.15) is 6.29 Å². The maximum absolute atomic E-state index is 3.76. The Morgan fingerprint density at radius 1 is 1.13 bits per heavy atom. The smallest absolute Gasteiger partial charge is 0.115 e. The van der Waals surface area contributed by atoms with Gasteiger partial charge in [-0.15, -0.1) is 0 Å². The molecule has 3 heteroatoms. The Bertz CT molecular complexity index is 474. The third-order valence-corrected chi connectivity index (χ3v) is 5.41. The van der Waals surface area contributed by atoms with Gasteiger partial charge in [-0.25, -0.2) is 0 Å². The minimum Gasteiger partial charge on any atom is -0.289 e. The van der Waals surface area contributed by atoms with Crippen molar-refractivity contribution in [1.82, 2.24) is 15.5 Å². The fourth-order valence-corrected chi connectivity index (χ4v) is 4.11. The monoisotopic (exact) mass is 315 g/mol. The molecule has 1 aromatic rings. The number of fused-ring (bicyclic) bond motifs is 3. The van der Waals surface area contributed by atoms with E-state index in [4.69, 9.17) is 0 Å². The van der Waals surface area contributed by atoms with Crippen molar-refractivity contribution in [2.24, 2.45) is 0 Å². The van der Waals surface area contributed by atoms with Crippen molar-refractivity contribution in [3.8, 4) is 0 Å². The molecular formula is C20H33N3. The SMILES string of the molecule is CCCCCCCCNC1NCCC2c3ccccc3CCN12. The van der Waals surface area contributed by atoms with Crippen LogP contribution in [0.5, 0.6) is 0 Å². The van der Waals surface area contributed by atoms with Gasteiger partial charge < -0.3 is 0 Å². The molecule has 2 unspecified atom stereocenters. The maximum Gasteiger partial charge on any atom is 0.115 e. The van der Waals surface area contributed by atoms with E-state index in [1.807, 2.05) is 0 Å². The summed E-state index contributed by atoms with van der Waals surface area (Å²) >= 11 is 0. The molecule has 2 aliphatic heterocycles. The highest BCUT2D eigenvalue weighted by Crippen LogP contribution is 2.34. The largest absolute Gasteiger partial charge is 0.289 e. The molecule has 3 nitrogen and oxygen atoms in total. The van der Waals surface area contributed by atoms with E-state index < -0.39 is 0 Å². The van der Waals surface area contributed by atoms with Gasteiger partial charge in [0.05, 0.1) is 0 Å². The second-order valence-corrected chi connectivity index (χ2v) is 7.07. The quantitative estimate of drug-likeness (QED) is 0.714. The van der Waals surface area contributed by atoms with E-state index in [1.165, 1.54) is 57.9 Å². The second-order valence-electron chi connectivity index (χ2n) is 7.07. The maximum atomic E-state index is 3.76. The summed E-state index contributed by atoms with van der Waals surface area (Å²) in [6.45, 7) is 5.70. The van der Waals surface area contributed by atoms with Gasteiger partial charge >= 0.3 is 0 Å². The highest BCUT2D eigenvalue weighted by Gasteiger charge is 2.34. The molecule has 0 saturated carbocycles. The van der Waals surface area contributed by atoms with Gasteiger partial charge in [0.2, 0.25) is 0 Å². The van der Waals surface area contributed by atoms with Crippen LogP contribution in [0.4, 0.5) is 0 Å². The summed E-state index contributed by atoms with van der Waals surface area (Å²) in [5.74, 6) is 0. The molecule has 0 radical (unpaired) electrons. The first-order chi connectivity index (χ1) is 11.4. The summed E-state index contributed by atoms with van der Waals surface area (Å²) in [6, 6.07) is 9.63. The molecule has 0 aliphatic carbocycles. The van der Waals surface area contributed by atoms with Gasteiger partial charge in [-0.3, -0.25) is 15.5 Å². The van der Waals surface area contributed by atoms with E-state index >= 15 is 0 Å². The third kappa shape index (κ3) is 4.34. The van der Waals surface area contributed by atoms with Crippen molar-refractivity contribution < 1.29 is 0 Å². The molecule has 128 valence electrons. The summed E-state index contributed by atoms with van der Waals surface area (Å²) in [7, 11) is 0. The standard InChI is InChI=1S/C20H33N3/c1-2-3-4-5-6-9-14-21-20-22-15-12-19-18-11-8-7-10-17(18)13-16-23(19)20/h7-8,10-11,19-22H,2-6,9,12-16H2,1H3. The Balaban J connectivity index is 1.46. The zero-order chi connectivity index (χ0) is 15.9. The number of nitrogens with one attached hydrogen (secondary N) is 2. The topological polar surface area (TPSA) is 27.3 Å². The van der Waals surface area contributed by atoms with Crippen LogP contribution in [0.2, 0.25) is 0 Å². The van der Waals surface area contributed by atoms with Gasteiger partial charge in [-0.05, 0) is 43.5 Å². The van der Waals surface area contributed by atoms with E-state index in [0.717, 1.165) is 13.1 Å². The van der Waals surface area contributed by atoms with Crippen LogP contribution in [-0.4, -0.2) is 30.8 Å². The predicted octanol–water partition coefficient (Wildman–Crippen LogP) is 3.81. The van der Waals surface area contributed by atoms with Crippen molar-refractivity contribution in [2.75, 3.05) is 19.6 Å². The lowest BCUT2D eigenvalue weighted by molar-refractivity contribution is 0.0407. The number of unbranched alkanes of at least 4 members (excludes halogenated alkanes) is 5. The van der Waals surface area contributed by atoms with Crippen LogP contribution in [-0.2, 0) is 6.42 Å². The molecule has 1 fully saturated rings. The zero-order valence-corrected chi connectivity index (χ0v) is 14.7. The Kier molecular flexibility index (Phi) is 6.49.